The van der Waals surface area contributed by atoms with Gasteiger partial charge in [-0.2, -0.15) is 0 Å². The lowest BCUT2D eigenvalue weighted by Crippen LogP contribution is -2.25. The number of nitrogens with one attached hydrogen (secondary N) is 2. The average Bonchev–Trinajstić information content (AvgIpc) is 2.73. The van der Waals surface area contributed by atoms with Crippen LogP contribution in [-0.2, 0) is 6.54 Å². The van der Waals surface area contributed by atoms with Crippen molar-refractivity contribution in [3.8, 4) is 0 Å². The van der Waals surface area contributed by atoms with E-state index in [-0.39, 0.29) is 23.2 Å². The first-order valence-electron chi connectivity index (χ1n) is 9.32. The van der Waals surface area contributed by atoms with Crippen LogP contribution in [0, 0.1) is 6.92 Å². The molecule has 0 atom stereocenters. The fourth-order valence-electron chi connectivity index (χ4n) is 2.80. The second-order valence-electron chi connectivity index (χ2n) is 6.91. The Labute approximate surface area is 170 Å². The van der Waals surface area contributed by atoms with Gasteiger partial charge in [0.1, 0.15) is 11.4 Å². The molecule has 0 radical (unpaired) electrons. The van der Waals surface area contributed by atoms with Crippen LogP contribution in [0.1, 0.15) is 32.1 Å². The molecule has 2 amide bonds. The van der Waals surface area contributed by atoms with Crippen molar-refractivity contribution in [1.82, 2.24) is 10.3 Å². The van der Waals surface area contributed by atoms with Gasteiger partial charge in [-0.3, -0.25) is 9.59 Å². The first kappa shape index (κ1) is 20.1. The van der Waals surface area contributed by atoms with Gasteiger partial charge >= 0.3 is 0 Å². The Bertz CT molecular complexity index is 1010. The van der Waals surface area contributed by atoms with Gasteiger partial charge in [0.25, 0.3) is 11.8 Å². The third-order valence-electron chi connectivity index (χ3n) is 4.56. The summed E-state index contributed by atoms with van der Waals surface area (Å²) in [4.78, 5) is 31.2. The van der Waals surface area contributed by atoms with E-state index in [1.807, 2.05) is 74.4 Å². The van der Waals surface area contributed by atoms with Gasteiger partial charge in [-0.05, 0) is 54.4 Å². The zero-order valence-corrected chi connectivity index (χ0v) is 16.8. The molecule has 0 aliphatic rings. The second kappa shape index (κ2) is 9.01. The van der Waals surface area contributed by atoms with Crippen molar-refractivity contribution in [2.45, 2.75) is 13.5 Å². The van der Waals surface area contributed by atoms with Gasteiger partial charge in [-0.1, -0.05) is 30.3 Å². The summed E-state index contributed by atoms with van der Waals surface area (Å²) in [5, 5.41) is 5.66. The molecule has 6 heteroatoms. The number of amides is 2. The SMILES string of the molecule is Cc1ccccc1CNC(=O)c1cccc(C(=O)Nc2ccc(N(C)C)cc2)n1. The van der Waals surface area contributed by atoms with Gasteiger partial charge in [0.15, 0.2) is 0 Å². The van der Waals surface area contributed by atoms with Crippen LogP contribution in [0.3, 0.4) is 0 Å². The van der Waals surface area contributed by atoms with E-state index in [9.17, 15) is 9.59 Å². The van der Waals surface area contributed by atoms with Crippen molar-refractivity contribution >= 4 is 23.2 Å². The highest BCUT2D eigenvalue weighted by Crippen LogP contribution is 2.16. The van der Waals surface area contributed by atoms with Crippen molar-refractivity contribution in [3.63, 3.8) is 0 Å². The van der Waals surface area contributed by atoms with E-state index in [0.717, 1.165) is 16.8 Å². The monoisotopic (exact) mass is 388 g/mol. The van der Waals surface area contributed by atoms with Crippen molar-refractivity contribution < 1.29 is 9.59 Å². The number of hydrogen-bond acceptors (Lipinski definition) is 4. The predicted octanol–water partition coefficient (Wildman–Crippen LogP) is 3.64. The average molecular weight is 388 g/mol. The van der Waals surface area contributed by atoms with Crippen LogP contribution in [0.25, 0.3) is 0 Å². The Morgan fingerprint density at radius 3 is 2.17 bits per heavy atom. The normalized spacial score (nSPS) is 10.3. The van der Waals surface area contributed by atoms with Gasteiger partial charge < -0.3 is 15.5 Å². The molecule has 0 aliphatic carbocycles. The Morgan fingerprint density at radius 2 is 1.52 bits per heavy atom. The molecule has 2 N–H and O–H groups in total. The molecule has 0 aliphatic heterocycles. The maximum absolute atomic E-state index is 12.5. The van der Waals surface area contributed by atoms with E-state index in [1.54, 1.807) is 18.2 Å². The molecule has 0 unspecified atom stereocenters. The van der Waals surface area contributed by atoms with Crippen LogP contribution in [0.15, 0.2) is 66.7 Å². The summed E-state index contributed by atoms with van der Waals surface area (Å²) in [5.41, 5.74) is 4.23. The molecular formula is C23H24N4O2. The molecule has 6 nitrogen and oxygen atoms in total. The van der Waals surface area contributed by atoms with E-state index in [2.05, 4.69) is 15.6 Å². The molecular weight excluding hydrogens is 364 g/mol. The van der Waals surface area contributed by atoms with Crippen LogP contribution in [0.5, 0.6) is 0 Å². The molecule has 0 saturated carbocycles. The van der Waals surface area contributed by atoms with Gasteiger partial charge in [0.2, 0.25) is 0 Å². The standard InChI is InChI=1S/C23H24N4O2/c1-16-7-4-5-8-17(16)15-24-22(28)20-9-6-10-21(26-20)23(29)25-18-11-13-19(14-12-18)27(2)3/h4-14H,15H2,1-3H3,(H,24,28)(H,25,29). The van der Waals surface area contributed by atoms with E-state index in [1.165, 1.54) is 0 Å². The van der Waals surface area contributed by atoms with E-state index in [4.69, 9.17) is 0 Å². The van der Waals surface area contributed by atoms with Crippen molar-refractivity contribution in [1.29, 1.82) is 0 Å². The summed E-state index contributed by atoms with van der Waals surface area (Å²) in [6.45, 7) is 2.40. The van der Waals surface area contributed by atoms with E-state index < -0.39 is 0 Å². The van der Waals surface area contributed by atoms with Crippen LogP contribution >= 0.6 is 0 Å². The number of carbonyl (C=O) groups is 2. The number of benzene rings is 2. The molecule has 0 bridgehead atoms. The maximum atomic E-state index is 12.5. The zero-order chi connectivity index (χ0) is 20.8. The molecule has 1 heterocycles. The summed E-state index contributed by atoms with van der Waals surface area (Å²) in [5.74, 6) is -0.686. The number of anilines is 2. The summed E-state index contributed by atoms with van der Waals surface area (Å²) in [7, 11) is 3.90. The van der Waals surface area contributed by atoms with Gasteiger partial charge in [-0.15, -0.1) is 0 Å². The summed E-state index contributed by atoms with van der Waals surface area (Å²) < 4.78 is 0. The highest BCUT2D eigenvalue weighted by molar-refractivity contribution is 6.03. The van der Waals surface area contributed by atoms with E-state index in [0.29, 0.717) is 12.2 Å². The minimum Gasteiger partial charge on any atom is -0.378 e. The topological polar surface area (TPSA) is 74.3 Å². The lowest BCUT2D eigenvalue weighted by atomic mass is 10.1. The predicted molar refractivity (Wildman–Crippen MR) is 115 cm³/mol. The Balaban J connectivity index is 1.65. The number of pyridine rings is 1. The molecule has 0 fully saturated rings. The number of aryl methyl sites for hydroxylation is 1. The molecule has 0 spiro atoms. The van der Waals surface area contributed by atoms with Crippen LogP contribution in [0.4, 0.5) is 11.4 Å². The number of carbonyl (C=O) groups excluding carboxylic acids is 2. The molecule has 1 aromatic heterocycles. The van der Waals surface area contributed by atoms with Crippen LogP contribution < -0.4 is 15.5 Å². The number of nitrogens with zero attached hydrogens (tertiary/aromatic N) is 2. The largest absolute Gasteiger partial charge is 0.378 e. The summed E-state index contributed by atoms with van der Waals surface area (Å²) in [6.07, 6.45) is 0. The first-order chi connectivity index (χ1) is 13.9. The molecule has 0 saturated heterocycles. The Hall–Kier alpha value is -3.67. The Kier molecular flexibility index (Phi) is 6.24. The fourth-order valence-corrected chi connectivity index (χ4v) is 2.80. The first-order valence-corrected chi connectivity index (χ1v) is 9.32. The van der Waals surface area contributed by atoms with Gasteiger partial charge in [0.05, 0.1) is 0 Å². The van der Waals surface area contributed by atoms with Crippen LogP contribution in [-0.4, -0.2) is 30.9 Å². The highest BCUT2D eigenvalue weighted by atomic mass is 16.2. The molecule has 3 rings (SSSR count). The molecule has 3 aromatic rings. The number of aromatic nitrogens is 1. The minimum atomic E-state index is -0.365. The number of hydrogen-bond donors (Lipinski definition) is 2. The maximum Gasteiger partial charge on any atom is 0.274 e. The third-order valence-corrected chi connectivity index (χ3v) is 4.56. The Morgan fingerprint density at radius 1 is 0.862 bits per heavy atom. The van der Waals surface area contributed by atoms with Gasteiger partial charge in [-0.25, -0.2) is 4.98 Å². The molecule has 2 aromatic carbocycles. The fraction of sp³-hybridized carbons (Fsp3) is 0.174. The zero-order valence-electron chi connectivity index (χ0n) is 16.8. The lowest BCUT2D eigenvalue weighted by molar-refractivity contribution is 0.0945. The van der Waals surface area contributed by atoms with Crippen LogP contribution in [0.2, 0.25) is 0 Å². The summed E-state index contributed by atoms with van der Waals surface area (Å²) in [6, 6.07) is 20.2. The smallest absolute Gasteiger partial charge is 0.274 e. The highest BCUT2D eigenvalue weighted by Gasteiger charge is 2.13. The third kappa shape index (κ3) is 5.19. The summed E-state index contributed by atoms with van der Waals surface area (Å²) >= 11 is 0. The van der Waals surface area contributed by atoms with Gasteiger partial charge in [0, 0.05) is 32.0 Å². The van der Waals surface area contributed by atoms with Crippen molar-refractivity contribution in [2.75, 3.05) is 24.3 Å². The number of rotatable bonds is 6. The van der Waals surface area contributed by atoms with Crippen molar-refractivity contribution in [2.24, 2.45) is 0 Å². The lowest BCUT2D eigenvalue weighted by Gasteiger charge is -2.13. The van der Waals surface area contributed by atoms with E-state index >= 15 is 0 Å². The molecule has 148 valence electrons. The quantitative estimate of drug-likeness (QED) is 0.676. The van der Waals surface area contributed by atoms with Crippen molar-refractivity contribution in [3.05, 3.63) is 89.2 Å². The minimum absolute atomic E-state index is 0.185. The molecule has 29 heavy (non-hydrogen) atoms. The second-order valence-corrected chi connectivity index (χ2v) is 6.91.